The summed E-state index contributed by atoms with van der Waals surface area (Å²) in [6.45, 7) is 3.48. The van der Waals surface area contributed by atoms with Crippen molar-refractivity contribution in [3.05, 3.63) is 95.8 Å². The lowest BCUT2D eigenvalue weighted by molar-refractivity contribution is 0.289. The molecule has 3 heteroatoms. The second kappa shape index (κ2) is 8.09. The van der Waals surface area contributed by atoms with Crippen LogP contribution in [0.4, 0.5) is 0 Å². The Balaban J connectivity index is 1.51. The lowest BCUT2D eigenvalue weighted by atomic mass is 10.1. The van der Waals surface area contributed by atoms with Gasteiger partial charge < -0.3 is 9.30 Å². The lowest BCUT2D eigenvalue weighted by Gasteiger charge is -2.11. The maximum absolute atomic E-state index is 6.02. The second-order valence-electron chi connectivity index (χ2n) is 6.86. The van der Waals surface area contributed by atoms with Gasteiger partial charge in [0, 0.05) is 6.54 Å². The molecule has 0 bridgehead atoms. The van der Waals surface area contributed by atoms with Gasteiger partial charge in [-0.25, -0.2) is 4.98 Å². The molecule has 0 fully saturated rings. The summed E-state index contributed by atoms with van der Waals surface area (Å²) < 4.78 is 8.32. The van der Waals surface area contributed by atoms with Crippen LogP contribution in [0.5, 0.6) is 5.75 Å². The van der Waals surface area contributed by atoms with E-state index in [0.29, 0.717) is 6.61 Å². The van der Waals surface area contributed by atoms with Gasteiger partial charge in [-0.15, -0.1) is 0 Å². The van der Waals surface area contributed by atoms with Gasteiger partial charge >= 0.3 is 0 Å². The molecular formula is C24H24N2O. The average Bonchev–Trinajstić information content (AvgIpc) is 3.05. The Morgan fingerprint density at radius 1 is 0.889 bits per heavy atom. The summed E-state index contributed by atoms with van der Waals surface area (Å²) in [4.78, 5) is 4.81. The van der Waals surface area contributed by atoms with Crippen LogP contribution in [0.3, 0.4) is 0 Å². The van der Waals surface area contributed by atoms with Gasteiger partial charge in [0.25, 0.3) is 0 Å². The molecule has 0 aliphatic rings. The maximum atomic E-state index is 6.02. The summed E-state index contributed by atoms with van der Waals surface area (Å²) in [5, 5.41) is 0. The van der Waals surface area contributed by atoms with Crippen LogP contribution in [0.15, 0.2) is 78.9 Å². The number of rotatable bonds is 7. The van der Waals surface area contributed by atoms with Gasteiger partial charge in [-0.3, -0.25) is 0 Å². The zero-order chi connectivity index (χ0) is 18.5. The second-order valence-corrected chi connectivity index (χ2v) is 6.86. The van der Waals surface area contributed by atoms with Crippen LogP contribution in [0.1, 0.15) is 23.4 Å². The first-order chi connectivity index (χ1) is 13.3. The van der Waals surface area contributed by atoms with E-state index in [4.69, 9.17) is 9.72 Å². The molecule has 0 N–H and O–H groups in total. The Morgan fingerprint density at radius 3 is 2.56 bits per heavy atom. The van der Waals surface area contributed by atoms with Crippen LogP contribution < -0.4 is 4.74 Å². The Morgan fingerprint density at radius 2 is 1.70 bits per heavy atom. The van der Waals surface area contributed by atoms with Gasteiger partial charge in [0.15, 0.2) is 0 Å². The average molecular weight is 356 g/mol. The third kappa shape index (κ3) is 4.20. The number of fused-ring (bicyclic) bond motifs is 1. The van der Waals surface area contributed by atoms with Crippen molar-refractivity contribution < 1.29 is 4.74 Å². The van der Waals surface area contributed by atoms with Gasteiger partial charge in [0.1, 0.15) is 18.2 Å². The highest BCUT2D eigenvalue weighted by Crippen LogP contribution is 2.20. The van der Waals surface area contributed by atoms with E-state index >= 15 is 0 Å². The van der Waals surface area contributed by atoms with E-state index in [1.165, 1.54) is 16.6 Å². The molecule has 1 aromatic heterocycles. The standard InChI is InChI=1S/C24H24N2O/c1-19-9-7-13-21(17-19)27-18-24-25-22-14-5-6-15-23(22)26(24)16-8-12-20-10-3-2-4-11-20/h2-7,9-11,13-15,17H,8,12,16,18H2,1H3. The van der Waals surface area contributed by atoms with Gasteiger partial charge in [0.2, 0.25) is 0 Å². The predicted octanol–water partition coefficient (Wildman–Crippen LogP) is 5.56. The van der Waals surface area contributed by atoms with Crippen LogP contribution in [0, 0.1) is 6.92 Å². The van der Waals surface area contributed by atoms with Crippen molar-refractivity contribution in [1.82, 2.24) is 9.55 Å². The SMILES string of the molecule is Cc1cccc(OCc2nc3ccccc3n2CCCc2ccccc2)c1. The van der Waals surface area contributed by atoms with E-state index in [9.17, 15) is 0 Å². The quantitative estimate of drug-likeness (QED) is 0.434. The molecule has 27 heavy (non-hydrogen) atoms. The highest BCUT2D eigenvalue weighted by molar-refractivity contribution is 5.75. The molecule has 1 heterocycles. The number of hydrogen-bond acceptors (Lipinski definition) is 2. The lowest BCUT2D eigenvalue weighted by Crippen LogP contribution is -2.08. The van der Waals surface area contributed by atoms with Crippen LogP contribution >= 0.6 is 0 Å². The summed E-state index contributed by atoms with van der Waals surface area (Å²) in [5.41, 5.74) is 4.77. The number of imidazole rings is 1. The monoisotopic (exact) mass is 356 g/mol. The van der Waals surface area contributed by atoms with Crippen molar-refractivity contribution in [3.63, 3.8) is 0 Å². The van der Waals surface area contributed by atoms with Crippen molar-refractivity contribution >= 4 is 11.0 Å². The molecule has 0 saturated heterocycles. The van der Waals surface area contributed by atoms with Crippen molar-refractivity contribution in [2.45, 2.75) is 32.9 Å². The summed E-state index contributed by atoms with van der Waals surface area (Å²) in [7, 11) is 0. The molecule has 0 aliphatic carbocycles. The van der Waals surface area contributed by atoms with Crippen LogP contribution in [0.25, 0.3) is 11.0 Å². The minimum absolute atomic E-state index is 0.476. The summed E-state index contributed by atoms with van der Waals surface area (Å²) in [5.74, 6) is 1.86. The van der Waals surface area contributed by atoms with Crippen LogP contribution in [0.2, 0.25) is 0 Å². The normalized spacial score (nSPS) is 11.0. The first-order valence-electron chi connectivity index (χ1n) is 9.47. The topological polar surface area (TPSA) is 27.1 Å². The third-order valence-corrected chi connectivity index (χ3v) is 4.78. The van der Waals surface area contributed by atoms with E-state index in [1.807, 2.05) is 18.2 Å². The Hall–Kier alpha value is -3.07. The summed E-state index contributed by atoms with van der Waals surface area (Å²) in [6, 6.07) is 27.1. The highest BCUT2D eigenvalue weighted by Gasteiger charge is 2.11. The Bertz CT molecular complexity index is 1020. The minimum Gasteiger partial charge on any atom is -0.486 e. The van der Waals surface area contributed by atoms with Crippen molar-refractivity contribution in [1.29, 1.82) is 0 Å². The Labute approximate surface area is 160 Å². The maximum Gasteiger partial charge on any atom is 0.147 e. The van der Waals surface area contributed by atoms with Crippen LogP contribution in [-0.2, 0) is 19.6 Å². The fourth-order valence-corrected chi connectivity index (χ4v) is 3.42. The van der Waals surface area contributed by atoms with E-state index in [0.717, 1.165) is 36.5 Å². The molecule has 136 valence electrons. The number of aromatic nitrogens is 2. The third-order valence-electron chi connectivity index (χ3n) is 4.78. The van der Waals surface area contributed by atoms with Gasteiger partial charge in [0.05, 0.1) is 11.0 Å². The minimum atomic E-state index is 0.476. The van der Waals surface area contributed by atoms with E-state index < -0.39 is 0 Å². The fourth-order valence-electron chi connectivity index (χ4n) is 3.42. The molecule has 3 nitrogen and oxygen atoms in total. The molecule has 4 aromatic rings. The first-order valence-corrected chi connectivity index (χ1v) is 9.47. The van der Waals surface area contributed by atoms with Crippen LogP contribution in [-0.4, -0.2) is 9.55 Å². The molecule has 0 aliphatic heterocycles. The van der Waals surface area contributed by atoms with E-state index in [-0.39, 0.29) is 0 Å². The van der Waals surface area contributed by atoms with E-state index in [1.54, 1.807) is 0 Å². The largest absolute Gasteiger partial charge is 0.486 e. The molecule has 0 spiro atoms. The first kappa shape index (κ1) is 17.3. The number of aryl methyl sites for hydroxylation is 3. The number of ether oxygens (including phenoxy) is 1. The van der Waals surface area contributed by atoms with Crippen molar-refractivity contribution in [2.24, 2.45) is 0 Å². The van der Waals surface area contributed by atoms with Gasteiger partial charge in [-0.1, -0.05) is 54.6 Å². The van der Waals surface area contributed by atoms with E-state index in [2.05, 4.69) is 72.2 Å². The molecule has 0 amide bonds. The number of para-hydroxylation sites is 2. The molecule has 0 atom stereocenters. The van der Waals surface area contributed by atoms with Gasteiger partial charge in [-0.2, -0.15) is 0 Å². The molecule has 0 radical (unpaired) electrons. The van der Waals surface area contributed by atoms with Gasteiger partial charge in [-0.05, 0) is 55.2 Å². The molecule has 0 saturated carbocycles. The number of hydrogen-bond donors (Lipinski definition) is 0. The smallest absolute Gasteiger partial charge is 0.147 e. The Kier molecular flexibility index (Phi) is 5.20. The molecular weight excluding hydrogens is 332 g/mol. The zero-order valence-electron chi connectivity index (χ0n) is 15.6. The van der Waals surface area contributed by atoms with Crippen molar-refractivity contribution in [3.8, 4) is 5.75 Å². The predicted molar refractivity (Wildman–Crippen MR) is 110 cm³/mol. The number of benzene rings is 3. The fraction of sp³-hybridized carbons (Fsp3) is 0.208. The molecule has 4 rings (SSSR count). The summed E-state index contributed by atoms with van der Waals surface area (Å²) >= 11 is 0. The highest BCUT2D eigenvalue weighted by atomic mass is 16.5. The number of nitrogens with zero attached hydrogens (tertiary/aromatic N) is 2. The molecule has 3 aromatic carbocycles. The molecule has 0 unspecified atom stereocenters. The zero-order valence-corrected chi connectivity index (χ0v) is 15.6. The van der Waals surface area contributed by atoms with Crippen molar-refractivity contribution in [2.75, 3.05) is 0 Å². The summed E-state index contributed by atoms with van der Waals surface area (Å²) in [6.07, 6.45) is 2.13.